The molecule has 24 atom stereocenters. The first-order valence-corrected chi connectivity index (χ1v) is 29.2. The van der Waals surface area contributed by atoms with Crippen molar-refractivity contribution in [3.8, 4) is 17.6 Å². The van der Waals surface area contributed by atoms with E-state index in [1.165, 1.54) is 25.5 Å². The second kappa shape index (κ2) is 34.4. The predicted octanol–water partition coefficient (Wildman–Crippen LogP) is -6.10. The molecule has 5 fully saturated rings. The van der Waals surface area contributed by atoms with Gasteiger partial charge in [0.15, 0.2) is 25.2 Å². The van der Waals surface area contributed by atoms with Crippen LogP contribution >= 0.6 is 0 Å². The van der Waals surface area contributed by atoms with Gasteiger partial charge in [-0.3, -0.25) is 24.0 Å². The van der Waals surface area contributed by atoms with Crippen molar-refractivity contribution >= 4 is 29.5 Å². The van der Waals surface area contributed by atoms with Gasteiger partial charge in [0, 0.05) is 46.1 Å². The third kappa shape index (κ3) is 18.9. The minimum atomic E-state index is -2.01. The Labute approximate surface area is 502 Å². The van der Waals surface area contributed by atoms with Crippen LogP contribution in [-0.2, 0) is 61.8 Å². The Morgan fingerprint density at radius 2 is 0.908 bits per heavy atom. The number of hydrogen-bond acceptors (Lipinski definition) is 26. The monoisotopic (exact) mass is 1250 g/mol. The highest BCUT2D eigenvalue weighted by atomic mass is 16.8. The highest BCUT2D eigenvalue weighted by Crippen LogP contribution is 2.36. The van der Waals surface area contributed by atoms with Crippen LogP contribution in [0.5, 0.6) is 5.75 Å². The van der Waals surface area contributed by atoms with Crippen molar-refractivity contribution in [2.45, 2.75) is 226 Å². The first-order chi connectivity index (χ1) is 41.6. The summed E-state index contributed by atoms with van der Waals surface area (Å²) in [5.41, 5.74) is 0.0497. The van der Waals surface area contributed by atoms with Crippen molar-refractivity contribution in [2.24, 2.45) is 0 Å². The lowest BCUT2D eigenvalue weighted by Gasteiger charge is -2.51. The van der Waals surface area contributed by atoms with E-state index >= 15 is 0 Å². The molecule has 87 heavy (non-hydrogen) atoms. The van der Waals surface area contributed by atoms with Gasteiger partial charge in [-0.15, -0.1) is 11.8 Å². The minimum absolute atomic E-state index is 0.0497. The van der Waals surface area contributed by atoms with Crippen LogP contribution in [0.3, 0.4) is 0 Å². The topological polar surface area (TPSA) is 460 Å². The molecule has 0 saturated carbocycles. The first-order valence-electron chi connectivity index (χ1n) is 29.2. The molecule has 492 valence electrons. The van der Waals surface area contributed by atoms with Gasteiger partial charge in [0.05, 0.1) is 52.3 Å². The summed E-state index contributed by atoms with van der Waals surface area (Å²) in [7, 11) is 0. The largest absolute Gasteiger partial charge is 0.494 e. The van der Waals surface area contributed by atoms with Gasteiger partial charge in [-0.2, -0.15) is 0 Å². The van der Waals surface area contributed by atoms with E-state index in [1.54, 1.807) is 12.1 Å². The van der Waals surface area contributed by atoms with Gasteiger partial charge in [0.25, 0.3) is 5.91 Å². The molecule has 5 amide bonds. The number of carbonyl (C=O) groups is 5. The van der Waals surface area contributed by atoms with E-state index < -0.39 is 209 Å². The molecule has 0 aromatic heterocycles. The fourth-order valence-electron chi connectivity index (χ4n) is 10.9. The Kier molecular flexibility index (Phi) is 28.1. The Morgan fingerprint density at radius 1 is 0.494 bits per heavy atom. The molecule has 16 N–H and O–H groups in total. The Balaban J connectivity index is 1.18. The smallest absolute Gasteiger partial charge is 0.251 e. The van der Waals surface area contributed by atoms with E-state index in [1.807, 2.05) is 0 Å². The Hall–Kier alpha value is -4.87. The van der Waals surface area contributed by atoms with Crippen LogP contribution in [0.1, 0.15) is 89.9 Å². The summed E-state index contributed by atoms with van der Waals surface area (Å²) in [6, 6.07) is -1.64. The van der Waals surface area contributed by atoms with Gasteiger partial charge in [-0.1, -0.05) is 32.3 Å². The van der Waals surface area contributed by atoms with E-state index in [4.69, 9.17) is 47.4 Å². The third-order valence-corrected chi connectivity index (χ3v) is 15.3. The summed E-state index contributed by atoms with van der Waals surface area (Å²) in [6.07, 6.45) is -26.4. The third-order valence-electron chi connectivity index (χ3n) is 15.3. The van der Waals surface area contributed by atoms with Crippen molar-refractivity contribution in [2.75, 3.05) is 46.2 Å². The maximum atomic E-state index is 13.9. The van der Waals surface area contributed by atoms with Gasteiger partial charge in [-0.25, -0.2) is 0 Å². The van der Waals surface area contributed by atoms with E-state index in [-0.39, 0.29) is 12.2 Å². The van der Waals surface area contributed by atoms with Crippen molar-refractivity contribution < 1.29 is 128 Å². The van der Waals surface area contributed by atoms with Crippen LogP contribution in [0.2, 0.25) is 0 Å². The number of unbranched alkanes of at least 4 members (excludes halogenated alkanes) is 5. The molecule has 31 heteroatoms. The number of hydrogen-bond donors (Lipinski definition) is 16. The zero-order valence-corrected chi connectivity index (χ0v) is 49.1. The number of ether oxygens (including phenoxy) is 10. The Morgan fingerprint density at radius 3 is 1.33 bits per heavy atom. The van der Waals surface area contributed by atoms with Gasteiger partial charge >= 0.3 is 0 Å². The minimum Gasteiger partial charge on any atom is -0.494 e. The molecule has 0 bridgehead atoms. The van der Waals surface area contributed by atoms with Gasteiger partial charge in [0.1, 0.15) is 121 Å². The highest BCUT2D eigenvalue weighted by molar-refractivity contribution is 5.94. The van der Waals surface area contributed by atoms with Crippen LogP contribution < -0.4 is 31.3 Å². The zero-order valence-electron chi connectivity index (χ0n) is 49.1. The van der Waals surface area contributed by atoms with Crippen molar-refractivity contribution in [3.63, 3.8) is 0 Å². The maximum Gasteiger partial charge on any atom is 0.251 e. The van der Waals surface area contributed by atoms with E-state index in [9.17, 15) is 80.1 Å². The fourth-order valence-corrected chi connectivity index (χ4v) is 10.9. The average Bonchev–Trinajstić information content (AvgIpc) is 1.47. The first kappa shape index (κ1) is 71.2. The Bertz CT molecular complexity index is 2420. The van der Waals surface area contributed by atoms with Crippen molar-refractivity contribution in [1.82, 2.24) is 26.6 Å². The number of amides is 5. The molecular formula is C56H87N5O26. The molecule has 1 aromatic carbocycles. The van der Waals surface area contributed by atoms with Gasteiger partial charge in [-0.05, 0) is 31.0 Å². The number of benzene rings is 1. The SMILES string of the molecule is CCCCCCC#CCCCOc1cccc(C(=O)NC2C(O[C@@H]3C(CO)OC(OC4C(CO)O[C@@H](O[C@@H]5C(CO)O[C@@H](OC6C(CO)OC[C@@H](NC(C)=O)[C@H]6O)C(NC(C)=O)C5O)[C@@H](NC(C)=O)[C@H]4O)C(NC(C)=O)C3O)OC(CO)[C@@H](O)C2O)c1. The standard InChI is InChI=1S/C56H87N5O26/c1-6-7-8-9-10-11-12-13-14-18-78-31-17-15-16-30(19-31)52(77)61-38-44(73)43(72)33(20-62)80-53(38)85-49-35(22-64)82-55(40(46(49)75)59-28(4)69)87-51-37(24-66)83-56(41(47(51)76)60-29(5)70)86-50-36(23-65)81-54(39(45(50)74)58-27(3)68)84-48-34(21-63)79-25-32(42(48)71)57-26(2)67/h15-17,19,32-51,53-56,62-66,71-76H,6-10,13-14,18,20-25H2,1-5H3,(H,57,67)(H,58,68)(H,59,69)(H,60,70)(H,61,77)/t32-,33?,34?,35?,36?,37?,38?,39?,40?,41+,42-,43-,44?,45?,46?,47-,48?,49-,50-,51?,53?,54+,55?,56+/m1/s1. The molecule has 5 heterocycles. The maximum absolute atomic E-state index is 13.9. The molecule has 5 saturated heterocycles. The fraction of sp³-hybridized carbons (Fsp3) is 0.768. The molecular weight excluding hydrogens is 1160 g/mol. The molecule has 1 aromatic rings. The number of aliphatic hydroxyl groups is 11. The second-order valence-electron chi connectivity index (χ2n) is 21.9. The molecule has 0 spiro atoms. The average molecular weight is 1250 g/mol. The molecule has 5 aliphatic heterocycles. The highest BCUT2D eigenvalue weighted by Gasteiger charge is 2.57. The van der Waals surface area contributed by atoms with Crippen LogP contribution in [-0.4, -0.2) is 279 Å². The summed E-state index contributed by atoms with van der Waals surface area (Å²) >= 11 is 0. The molecule has 15 unspecified atom stereocenters. The van der Waals surface area contributed by atoms with Gasteiger partial charge < -0.3 is 130 Å². The number of nitrogens with one attached hydrogen (secondary N) is 5. The lowest BCUT2D eigenvalue weighted by Crippen LogP contribution is -2.72. The number of aliphatic hydroxyl groups excluding tert-OH is 11. The lowest BCUT2D eigenvalue weighted by molar-refractivity contribution is -0.365. The molecule has 5 aliphatic rings. The molecule has 0 aliphatic carbocycles. The van der Waals surface area contributed by atoms with E-state index in [0.29, 0.717) is 25.2 Å². The van der Waals surface area contributed by atoms with Crippen LogP contribution in [0.15, 0.2) is 24.3 Å². The van der Waals surface area contributed by atoms with E-state index in [0.717, 1.165) is 46.5 Å². The summed E-state index contributed by atoms with van der Waals surface area (Å²) in [4.78, 5) is 64.0. The van der Waals surface area contributed by atoms with Gasteiger partial charge in [0.2, 0.25) is 23.6 Å². The lowest BCUT2D eigenvalue weighted by atomic mass is 9.93. The molecule has 6 rings (SSSR count). The quantitative estimate of drug-likeness (QED) is 0.0288. The van der Waals surface area contributed by atoms with Crippen molar-refractivity contribution in [1.29, 1.82) is 0 Å². The van der Waals surface area contributed by atoms with Crippen LogP contribution in [0.25, 0.3) is 0 Å². The van der Waals surface area contributed by atoms with Crippen LogP contribution in [0.4, 0.5) is 0 Å². The second-order valence-corrected chi connectivity index (χ2v) is 21.9. The van der Waals surface area contributed by atoms with Crippen molar-refractivity contribution in [3.05, 3.63) is 29.8 Å². The summed E-state index contributed by atoms with van der Waals surface area (Å²) in [6.45, 7) is 2.11. The zero-order chi connectivity index (χ0) is 63.6. The number of rotatable bonds is 27. The summed E-state index contributed by atoms with van der Waals surface area (Å²) in [5.74, 6) is 2.97. The normalized spacial score (nSPS) is 36.9. The summed E-state index contributed by atoms with van der Waals surface area (Å²) < 4.78 is 60.2. The van der Waals surface area contributed by atoms with E-state index in [2.05, 4.69) is 45.3 Å². The molecule has 31 nitrogen and oxygen atoms in total. The summed E-state index contributed by atoms with van der Waals surface area (Å²) in [5, 5.41) is 135. The van der Waals surface area contributed by atoms with Crippen LogP contribution in [0, 0.1) is 11.8 Å². The number of carbonyl (C=O) groups excluding carboxylic acids is 5. The molecule has 0 radical (unpaired) electrons. The predicted molar refractivity (Wildman–Crippen MR) is 295 cm³/mol.